The molecule has 0 aliphatic heterocycles. The predicted molar refractivity (Wildman–Crippen MR) is 75.4 cm³/mol. The van der Waals surface area contributed by atoms with E-state index in [1.165, 1.54) is 31.9 Å². The van der Waals surface area contributed by atoms with E-state index in [-0.39, 0.29) is 5.25 Å². The largest absolute Gasteiger partial charge is 0.311 e. The molecule has 3 unspecified atom stereocenters. The van der Waals surface area contributed by atoms with Gasteiger partial charge in [0.2, 0.25) is 0 Å². The summed E-state index contributed by atoms with van der Waals surface area (Å²) in [5.41, 5.74) is 0. The average Bonchev–Trinajstić information content (AvgIpc) is 2.81. The van der Waals surface area contributed by atoms with Crippen LogP contribution in [-0.4, -0.2) is 32.0 Å². The maximum atomic E-state index is 11.6. The summed E-state index contributed by atoms with van der Waals surface area (Å²) in [4.78, 5) is 0. The Kier molecular flexibility index (Phi) is 4.70. The van der Waals surface area contributed by atoms with E-state index in [0.29, 0.717) is 12.1 Å². The third-order valence-corrected chi connectivity index (χ3v) is 6.48. The van der Waals surface area contributed by atoms with Crippen LogP contribution in [0.3, 0.4) is 0 Å². The molecule has 0 amide bonds. The Morgan fingerprint density at radius 3 is 2.33 bits per heavy atom. The summed E-state index contributed by atoms with van der Waals surface area (Å²) in [7, 11) is -2.85. The highest BCUT2D eigenvalue weighted by Gasteiger charge is 2.31. The second-order valence-electron chi connectivity index (χ2n) is 6.31. The van der Waals surface area contributed by atoms with Crippen LogP contribution in [0.1, 0.15) is 58.3 Å². The lowest BCUT2D eigenvalue weighted by Crippen LogP contribution is -2.45. The van der Waals surface area contributed by atoms with Crippen LogP contribution in [0.25, 0.3) is 0 Å². The van der Waals surface area contributed by atoms with Crippen LogP contribution in [0, 0.1) is 5.92 Å². The molecule has 106 valence electrons. The minimum atomic E-state index is -2.85. The molecule has 0 radical (unpaired) electrons. The van der Waals surface area contributed by atoms with Crippen molar-refractivity contribution in [1.82, 2.24) is 5.32 Å². The van der Waals surface area contributed by atoms with E-state index in [9.17, 15) is 8.42 Å². The zero-order valence-electron chi connectivity index (χ0n) is 11.7. The molecular weight excluding hydrogens is 246 g/mol. The molecule has 0 heterocycles. The quantitative estimate of drug-likeness (QED) is 0.856. The number of hydrogen-bond donors (Lipinski definition) is 1. The highest BCUT2D eigenvalue weighted by atomic mass is 32.2. The lowest BCUT2D eigenvalue weighted by molar-refractivity contribution is 0.293. The fraction of sp³-hybridized carbons (Fsp3) is 1.00. The molecule has 2 aliphatic rings. The van der Waals surface area contributed by atoms with E-state index >= 15 is 0 Å². The van der Waals surface area contributed by atoms with Crippen LogP contribution < -0.4 is 5.32 Å². The zero-order valence-corrected chi connectivity index (χ0v) is 12.5. The van der Waals surface area contributed by atoms with E-state index in [1.54, 1.807) is 0 Å². The molecule has 3 atom stereocenters. The van der Waals surface area contributed by atoms with Gasteiger partial charge in [0, 0.05) is 18.3 Å². The average molecular weight is 273 g/mol. The summed E-state index contributed by atoms with van der Waals surface area (Å²) in [5, 5.41) is 3.59. The van der Waals surface area contributed by atoms with Gasteiger partial charge in [0.05, 0.1) is 5.25 Å². The number of rotatable bonds is 4. The van der Waals surface area contributed by atoms with Crippen LogP contribution in [0.15, 0.2) is 0 Å². The van der Waals surface area contributed by atoms with Crippen LogP contribution in [-0.2, 0) is 9.84 Å². The monoisotopic (exact) mass is 273 g/mol. The van der Waals surface area contributed by atoms with Gasteiger partial charge in [-0.05, 0) is 44.9 Å². The molecule has 2 fully saturated rings. The summed E-state index contributed by atoms with van der Waals surface area (Å²) < 4.78 is 23.3. The van der Waals surface area contributed by atoms with E-state index in [2.05, 4.69) is 12.2 Å². The van der Waals surface area contributed by atoms with Gasteiger partial charge in [-0.3, -0.25) is 0 Å². The maximum Gasteiger partial charge on any atom is 0.150 e. The van der Waals surface area contributed by atoms with Gasteiger partial charge in [-0.2, -0.15) is 0 Å². The molecular formula is C14H27NO2S. The number of sulfone groups is 1. The van der Waals surface area contributed by atoms with Gasteiger partial charge in [-0.25, -0.2) is 8.42 Å². The first-order valence-electron chi connectivity index (χ1n) is 7.41. The topological polar surface area (TPSA) is 46.2 Å². The first-order valence-corrected chi connectivity index (χ1v) is 9.37. The summed E-state index contributed by atoms with van der Waals surface area (Å²) in [6.07, 6.45) is 10.7. The van der Waals surface area contributed by atoms with Gasteiger partial charge in [0.1, 0.15) is 9.84 Å². The molecule has 0 aromatic rings. The molecule has 3 nitrogen and oxygen atoms in total. The Labute approximate surface area is 112 Å². The Morgan fingerprint density at radius 2 is 1.72 bits per heavy atom. The lowest BCUT2D eigenvalue weighted by Gasteiger charge is -2.32. The van der Waals surface area contributed by atoms with E-state index < -0.39 is 9.84 Å². The first kappa shape index (κ1) is 14.3. The van der Waals surface area contributed by atoms with Crippen LogP contribution in [0.2, 0.25) is 0 Å². The van der Waals surface area contributed by atoms with Crippen molar-refractivity contribution in [2.75, 3.05) is 6.26 Å². The Bertz CT molecular complexity index is 360. The van der Waals surface area contributed by atoms with Crippen LogP contribution in [0.5, 0.6) is 0 Å². The molecule has 0 bridgehead atoms. The van der Waals surface area contributed by atoms with E-state index in [1.807, 2.05) is 0 Å². The predicted octanol–water partition coefficient (Wildman–Crippen LogP) is 2.51. The van der Waals surface area contributed by atoms with Crippen molar-refractivity contribution < 1.29 is 8.42 Å². The molecule has 0 spiro atoms. The third-order valence-electron chi connectivity index (χ3n) is 4.84. The smallest absolute Gasteiger partial charge is 0.150 e. The Hall–Kier alpha value is -0.0900. The van der Waals surface area contributed by atoms with Gasteiger partial charge in [0.25, 0.3) is 0 Å². The van der Waals surface area contributed by atoms with Crippen molar-refractivity contribution in [3.63, 3.8) is 0 Å². The molecule has 2 saturated carbocycles. The molecule has 0 saturated heterocycles. The van der Waals surface area contributed by atoms with Crippen molar-refractivity contribution in [3.8, 4) is 0 Å². The maximum absolute atomic E-state index is 11.6. The molecule has 1 N–H and O–H groups in total. The van der Waals surface area contributed by atoms with Crippen molar-refractivity contribution >= 4 is 9.84 Å². The van der Waals surface area contributed by atoms with Crippen LogP contribution >= 0.6 is 0 Å². The Morgan fingerprint density at radius 1 is 1.06 bits per heavy atom. The normalized spacial score (nSPS) is 32.6. The second kappa shape index (κ2) is 5.91. The van der Waals surface area contributed by atoms with Gasteiger partial charge < -0.3 is 5.32 Å². The molecule has 0 aromatic heterocycles. The summed E-state index contributed by atoms with van der Waals surface area (Å²) in [6.45, 7) is 2.28. The highest BCUT2D eigenvalue weighted by Crippen LogP contribution is 2.29. The van der Waals surface area contributed by atoms with Crippen molar-refractivity contribution in [3.05, 3.63) is 0 Å². The highest BCUT2D eigenvalue weighted by molar-refractivity contribution is 7.91. The third kappa shape index (κ3) is 3.70. The zero-order chi connectivity index (χ0) is 13.2. The molecule has 18 heavy (non-hydrogen) atoms. The minimum absolute atomic E-state index is 0.112. The van der Waals surface area contributed by atoms with Crippen molar-refractivity contribution in [2.45, 2.75) is 75.6 Å². The molecule has 0 aromatic carbocycles. The lowest BCUT2D eigenvalue weighted by atomic mass is 9.92. The summed E-state index contributed by atoms with van der Waals surface area (Å²) in [5.74, 6) is 0.809. The molecule has 2 aliphatic carbocycles. The van der Waals surface area contributed by atoms with E-state index in [4.69, 9.17) is 0 Å². The number of hydrogen-bond acceptors (Lipinski definition) is 3. The van der Waals surface area contributed by atoms with Gasteiger partial charge >= 0.3 is 0 Å². The van der Waals surface area contributed by atoms with Gasteiger partial charge in [-0.1, -0.05) is 19.3 Å². The van der Waals surface area contributed by atoms with Crippen LogP contribution in [0.4, 0.5) is 0 Å². The number of nitrogens with one attached hydrogen (secondary N) is 1. The standard InChI is InChI=1S/C14H27NO2S/c1-11(12-6-3-4-7-12)15-13-8-5-9-14(10-13)18(2,16)17/h11-15H,3-10H2,1-2H3. The van der Waals surface area contributed by atoms with Crippen molar-refractivity contribution in [1.29, 1.82) is 0 Å². The molecule has 4 heteroatoms. The fourth-order valence-electron chi connectivity index (χ4n) is 3.65. The second-order valence-corrected chi connectivity index (χ2v) is 8.64. The van der Waals surface area contributed by atoms with Crippen molar-refractivity contribution in [2.24, 2.45) is 5.92 Å². The van der Waals surface area contributed by atoms with Gasteiger partial charge in [0.15, 0.2) is 0 Å². The summed E-state index contributed by atoms with van der Waals surface area (Å²) in [6, 6.07) is 0.963. The van der Waals surface area contributed by atoms with E-state index in [0.717, 1.165) is 31.6 Å². The SMILES string of the molecule is CC(NC1CCCC(S(C)(=O)=O)C1)C1CCCC1. The summed E-state index contributed by atoms with van der Waals surface area (Å²) >= 11 is 0. The minimum Gasteiger partial charge on any atom is -0.311 e. The first-order chi connectivity index (χ1) is 8.47. The molecule has 2 rings (SSSR count). The fourth-order valence-corrected chi connectivity index (χ4v) is 4.83. The Balaban J connectivity index is 1.85. The van der Waals surface area contributed by atoms with Gasteiger partial charge in [-0.15, -0.1) is 0 Å².